The molecule has 0 unspecified atom stereocenters. The molecule has 162 valence electrons. The first kappa shape index (κ1) is 23.7. The van der Waals surface area contributed by atoms with Gasteiger partial charge in [0, 0.05) is 18.6 Å². The van der Waals surface area contributed by atoms with E-state index >= 15 is 0 Å². The topological polar surface area (TPSA) is 86.8 Å². The number of sulfonamides is 1. The van der Waals surface area contributed by atoms with E-state index in [-0.39, 0.29) is 18.1 Å². The Balaban J connectivity index is 2.28. The normalized spacial score (nSPS) is 12.1. The van der Waals surface area contributed by atoms with Crippen molar-refractivity contribution in [3.05, 3.63) is 65.2 Å². The number of hydrogen-bond donors (Lipinski definition) is 1. The number of amides is 2. The lowest BCUT2D eigenvalue weighted by Gasteiger charge is -2.31. The molecule has 0 spiro atoms. The van der Waals surface area contributed by atoms with Crippen molar-refractivity contribution in [2.45, 2.75) is 19.4 Å². The number of carbonyl (C=O) groups excluding carboxylic acids is 2. The molecule has 0 bridgehead atoms. The summed E-state index contributed by atoms with van der Waals surface area (Å²) in [5, 5.41) is 2.89. The summed E-state index contributed by atoms with van der Waals surface area (Å²) in [5.41, 5.74) is 1.29. The maximum Gasteiger partial charge on any atom is 0.244 e. The lowest BCUT2D eigenvalue weighted by molar-refractivity contribution is -0.138. The molecule has 30 heavy (non-hydrogen) atoms. The highest BCUT2D eigenvalue weighted by molar-refractivity contribution is 7.92. The summed E-state index contributed by atoms with van der Waals surface area (Å²) in [6.45, 7) is 1.45. The van der Waals surface area contributed by atoms with E-state index in [0.717, 1.165) is 16.1 Å². The van der Waals surface area contributed by atoms with Crippen LogP contribution in [-0.4, -0.2) is 57.6 Å². The Morgan fingerprint density at radius 1 is 1.10 bits per heavy atom. The molecule has 0 aliphatic carbocycles. The number of nitrogens with zero attached hydrogens (tertiary/aromatic N) is 2. The van der Waals surface area contributed by atoms with Crippen LogP contribution in [0.4, 0.5) is 5.69 Å². The SMILES string of the molecule is CNC(=O)[C@@H](C)N(CCc1ccccc1)C(=O)CN(c1cccc(Cl)c1)S(C)(=O)=O. The summed E-state index contributed by atoms with van der Waals surface area (Å²) in [7, 11) is -2.26. The summed E-state index contributed by atoms with van der Waals surface area (Å²) < 4.78 is 25.7. The van der Waals surface area contributed by atoms with Crippen molar-refractivity contribution in [3.8, 4) is 0 Å². The molecular formula is C21H26ClN3O4S. The molecule has 9 heteroatoms. The molecule has 2 amide bonds. The number of carbonyl (C=O) groups is 2. The highest BCUT2D eigenvalue weighted by Gasteiger charge is 2.29. The molecule has 7 nitrogen and oxygen atoms in total. The number of anilines is 1. The third-order valence-corrected chi connectivity index (χ3v) is 6.05. The first-order valence-electron chi connectivity index (χ1n) is 9.41. The van der Waals surface area contributed by atoms with Crippen molar-refractivity contribution in [3.63, 3.8) is 0 Å². The van der Waals surface area contributed by atoms with Crippen LogP contribution < -0.4 is 9.62 Å². The average Bonchev–Trinajstić information content (AvgIpc) is 2.71. The van der Waals surface area contributed by atoms with Crippen molar-refractivity contribution in [2.75, 3.05) is 30.7 Å². The largest absolute Gasteiger partial charge is 0.357 e. The van der Waals surface area contributed by atoms with Crippen LogP contribution in [0.1, 0.15) is 12.5 Å². The molecule has 0 saturated carbocycles. The summed E-state index contributed by atoms with van der Waals surface area (Å²) >= 11 is 6.00. The van der Waals surface area contributed by atoms with E-state index in [9.17, 15) is 18.0 Å². The van der Waals surface area contributed by atoms with Gasteiger partial charge in [0.25, 0.3) is 0 Å². The lowest BCUT2D eigenvalue weighted by Crippen LogP contribution is -2.51. The molecule has 0 fully saturated rings. The standard InChI is InChI=1S/C21H26ClN3O4S/c1-16(21(27)23-2)24(13-12-17-8-5-4-6-9-17)20(26)15-25(30(3,28)29)19-11-7-10-18(22)14-19/h4-11,14,16H,12-13,15H2,1-3H3,(H,23,27)/t16-/m1/s1. The Kier molecular flexibility index (Phi) is 8.25. The van der Waals surface area contributed by atoms with E-state index in [0.29, 0.717) is 11.4 Å². The van der Waals surface area contributed by atoms with Gasteiger partial charge in [-0.2, -0.15) is 0 Å². The lowest BCUT2D eigenvalue weighted by atomic mass is 10.1. The third-order valence-electron chi connectivity index (χ3n) is 4.67. The predicted molar refractivity (Wildman–Crippen MR) is 119 cm³/mol. The van der Waals surface area contributed by atoms with Gasteiger partial charge in [0.05, 0.1) is 11.9 Å². The van der Waals surface area contributed by atoms with Crippen molar-refractivity contribution < 1.29 is 18.0 Å². The molecule has 2 aromatic carbocycles. The third kappa shape index (κ3) is 6.47. The molecule has 0 radical (unpaired) electrons. The van der Waals surface area contributed by atoms with E-state index in [2.05, 4.69) is 5.32 Å². The number of nitrogens with one attached hydrogen (secondary N) is 1. The quantitative estimate of drug-likeness (QED) is 0.633. The molecule has 1 atom stereocenters. The smallest absolute Gasteiger partial charge is 0.244 e. The van der Waals surface area contributed by atoms with Gasteiger partial charge in [-0.15, -0.1) is 0 Å². The monoisotopic (exact) mass is 451 g/mol. The Morgan fingerprint density at radius 3 is 2.33 bits per heavy atom. The molecule has 2 rings (SSSR count). The zero-order chi connectivity index (χ0) is 22.3. The summed E-state index contributed by atoms with van der Waals surface area (Å²) in [6.07, 6.45) is 1.56. The molecule has 0 heterocycles. The maximum atomic E-state index is 13.1. The molecule has 2 aromatic rings. The van der Waals surface area contributed by atoms with Gasteiger partial charge in [-0.3, -0.25) is 13.9 Å². The second kappa shape index (κ2) is 10.4. The van der Waals surface area contributed by atoms with Crippen LogP contribution in [0.5, 0.6) is 0 Å². The van der Waals surface area contributed by atoms with Crippen LogP contribution in [0, 0.1) is 0 Å². The fourth-order valence-electron chi connectivity index (χ4n) is 3.02. The summed E-state index contributed by atoms with van der Waals surface area (Å²) in [6, 6.07) is 15.1. The molecular weight excluding hydrogens is 426 g/mol. The van der Waals surface area contributed by atoms with Gasteiger partial charge in [-0.05, 0) is 37.1 Å². The molecule has 1 N–H and O–H groups in total. The number of halogens is 1. The van der Waals surface area contributed by atoms with Gasteiger partial charge >= 0.3 is 0 Å². The fourth-order valence-corrected chi connectivity index (χ4v) is 4.05. The van der Waals surface area contributed by atoms with Crippen LogP contribution in [0.3, 0.4) is 0 Å². The second-order valence-electron chi connectivity index (χ2n) is 6.86. The van der Waals surface area contributed by atoms with Crippen LogP contribution >= 0.6 is 11.6 Å². The molecule has 0 aromatic heterocycles. The van der Waals surface area contributed by atoms with Gasteiger partial charge in [-0.25, -0.2) is 8.42 Å². The van der Waals surface area contributed by atoms with Crippen LogP contribution in [0.15, 0.2) is 54.6 Å². The van der Waals surface area contributed by atoms with Crippen molar-refractivity contribution in [1.82, 2.24) is 10.2 Å². The second-order valence-corrected chi connectivity index (χ2v) is 9.21. The highest BCUT2D eigenvalue weighted by Crippen LogP contribution is 2.22. The molecule has 0 saturated heterocycles. The Hall–Kier alpha value is -2.58. The number of likely N-dealkylation sites (N-methyl/N-ethyl adjacent to an activating group) is 1. The maximum absolute atomic E-state index is 13.1. The van der Waals surface area contributed by atoms with E-state index in [1.54, 1.807) is 25.1 Å². The molecule has 0 aliphatic heterocycles. The average molecular weight is 452 g/mol. The van der Waals surface area contributed by atoms with Crippen LogP contribution in [0.25, 0.3) is 0 Å². The fraction of sp³-hybridized carbons (Fsp3) is 0.333. The van der Waals surface area contributed by atoms with E-state index < -0.39 is 28.5 Å². The first-order chi connectivity index (χ1) is 14.1. The van der Waals surface area contributed by atoms with Crippen molar-refractivity contribution in [1.29, 1.82) is 0 Å². The minimum Gasteiger partial charge on any atom is -0.357 e. The van der Waals surface area contributed by atoms with Crippen molar-refractivity contribution >= 4 is 39.1 Å². The number of hydrogen-bond acceptors (Lipinski definition) is 4. The van der Waals surface area contributed by atoms with E-state index in [4.69, 9.17) is 11.6 Å². The number of rotatable bonds is 9. The van der Waals surface area contributed by atoms with E-state index in [1.165, 1.54) is 18.0 Å². The van der Waals surface area contributed by atoms with Crippen molar-refractivity contribution in [2.24, 2.45) is 0 Å². The van der Waals surface area contributed by atoms with Gasteiger partial charge in [0.2, 0.25) is 21.8 Å². The Labute approximate surface area is 182 Å². The van der Waals surface area contributed by atoms with Gasteiger partial charge in [-0.1, -0.05) is 48.0 Å². The van der Waals surface area contributed by atoms with Gasteiger partial charge in [0.1, 0.15) is 12.6 Å². The van der Waals surface area contributed by atoms with Crippen LogP contribution in [0.2, 0.25) is 5.02 Å². The van der Waals surface area contributed by atoms with Gasteiger partial charge < -0.3 is 10.2 Å². The zero-order valence-electron chi connectivity index (χ0n) is 17.2. The Morgan fingerprint density at radius 2 is 1.77 bits per heavy atom. The minimum absolute atomic E-state index is 0.268. The highest BCUT2D eigenvalue weighted by atomic mass is 35.5. The number of benzene rings is 2. The molecule has 0 aliphatic rings. The van der Waals surface area contributed by atoms with E-state index in [1.807, 2.05) is 30.3 Å². The van der Waals surface area contributed by atoms with Crippen LogP contribution in [-0.2, 0) is 26.0 Å². The Bertz CT molecular complexity index is 983. The van der Waals surface area contributed by atoms with Gasteiger partial charge in [0.15, 0.2) is 0 Å². The minimum atomic E-state index is -3.76. The first-order valence-corrected chi connectivity index (χ1v) is 11.6. The summed E-state index contributed by atoms with van der Waals surface area (Å²) in [5.74, 6) is -0.808. The zero-order valence-corrected chi connectivity index (χ0v) is 18.8. The predicted octanol–water partition coefficient (Wildman–Crippen LogP) is 2.31. The summed E-state index contributed by atoms with van der Waals surface area (Å²) in [4.78, 5) is 26.8.